The van der Waals surface area contributed by atoms with Gasteiger partial charge in [-0.1, -0.05) is 18.0 Å². The van der Waals surface area contributed by atoms with Crippen LogP contribution in [0.3, 0.4) is 0 Å². The van der Waals surface area contributed by atoms with E-state index in [0.29, 0.717) is 28.8 Å². The summed E-state index contributed by atoms with van der Waals surface area (Å²) in [7, 11) is 3.06. The van der Waals surface area contributed by atoms with Gasteiger partial charge in [0.25, 0.3) is 0 Å². The van der Waals surface area contributed by atoms with Crippen LogP contribution >= 0.6 is 11.6 Å². The number of anilines is 1. The van der Waals surface area contributed by atoms with Crippen molar-refractivity contribution in [2.45, 2.75) is 19.3 Å². The minimum atomic E-state index is -0.0404. The predicted octanol–water partition coefficient (Wildman–Crippen LogP) is 2.67. The molecule has 0 aromatic heterocycles. The lowest BCUT2D eigenvalue weighted by Crippen LogP contribution is -2.29. The van der Waals surface area contributed by atoms with Crippen molar-refractivity contribution >= 4 is 23.2 Å². The average molecular weight is 313 g/mol. The van der Waals surface area contributed by atoms with Crippen molar-refractivity contribution < 1.29 is 14.3 Å². The van der Waals surface area contributed by atoms with Gasteiger partial charge in [0.2, 0.25) is 5.91 Å². The average Bonchev–Trinajstić information content (AvgIpc) is 2.97. The van der Waals surface area contributed by atoms with E-state index in [0.717, 1.165) is 19.3 Å². The number of ether oxygens (including phenoxy) is 2. The van der Waals surface area contributed by atoms with Crippen molar-refractivity contribution in [3.63, 3.8) is 0 Å². The Morgan fingerprint density at radius 1 is 1.33 bits per heavy atom. The number of carbonyl (C=O) groups is 1. The first-order chi connectivity index (χ1) is 10.1. The van der Waals surface area contributed by atoms with E-state index in [9.17, 15) is 4.79 Å². The Labute approximate surface area is 129 Å². The normalized spacial score (nSPS) is 21.1. The molecule has 0 unspecified atom stereocenters. The van der Waals surface area contributed by atoms with Crippen molar-refractivity contribution in [1.29, 1.82) is 0 Å². The molecule has 1 aromatic carbocycles. The number of nitrogens with one attached hydrogen (secondary N) is 1. The second-order valence-electron chi connectivity index (χ2n) is 5.21. The molecular weight excluding hydrogens is 292 g/mol. The summed E-state index contributed by atoms with van der Waals surface area (Å²) >= 11 is 6.06. The van der Waals surface area contributed by atoms with Gasteiger partial charge in [0.1, 0.15) is 11.5 Å². The van der Waals surface area contributed by atoms with Gasteiger partial charge in [-0.05, 0) is 25.3 Å². The molecule has 3 N–H and O–H groups in total. The van der Waals surface area contributed by atoms with Gasteiger partial charge in [-0.15, -0.1) is 0 Å². The Balaban J connectivity index is 2.20. The van der Waals surface area contributed by atoms with Gasteiger partial charge in [-0.25, -0.2) is 0 Å². The standard InChI is InChI=1S/C15H21ClN2O3/c1-20-13-7-12(14(21-2)6-11(13)16)18-15(19)10-5-3-4-9(10)8-17/h6-7,9-10H,3-5,8,17H2,1-2H3,(H,18,19)/t9-,10-/m1/s1. The van der Waals surface area contributed by atoms with Gasteiger partial charge >= 0.3 is 0 Å². The Morgan fingerprint density at radius 3 is 2.67 bits per heavy atom. The van der Waals surface area contributed by atoms with Gasteiger partial charge < -0.3 is 20.5 Å². The number of methoxy groups -OCH3 is 2. The molecule has 2 atom stereocenters. The lowest BCUT2D eigenvalue weighted by Gasteiger charge is -2.19. The molecule has 0 aliphatic heterocycles. The van der Waals surface area contributed by atoms with E-state index in [1.54, 1.807) is 12.1 Å². The van der Waals surface area contributed by atoms with Crippen LogP contribution in [-0.2, 0) is 4.79 Å². The summed E-state index contributed by atoms with van der Waals surface area (Å²) in [6, 6.07) is 3.30. The summed E-state index contributed by atoms with van der Waals surface area (Å²) in [6.07, 6.45) is 2.93. The highest BCUT2D eigenvalue weighted by atomic mass is 35.5. The topological polar surface area (TPSA) is 73.6 Å². The van der Waals surface area contributed by atoms with Crippen LogP contribution in [0.4, 0.5) is 5.69 Å². The molecule has 5 nitrogen and oxygen atoms in total. The highest BCUT2D eigenvalue weighted by Gasteiger charge is 2.32. The molecule has 6 heteroatoms. The molecule has 116 valence electrons. The Hall–Kier alpha value is -1.46. The zero-order valence-electron chi connectivity index (χ0n) is 12.3. The number of nitrogens with two attached hydrogens (primary N) is 1. The van der Waals surface area contributed by atoms with E-state index in [4.69, 9.17) is 26.8 Å². The maximum absolute atomic E-state index is 12.4. The van der Waals surface area contributed by atoms with E-state index < -0.39 is 0 Å². The first-order valence-electron chi connectivity index (χ1n) is 7.03. The number of amides is 1. The molecule has 0 heterocycles. The van der Waals surface area contributed by atoms with Gasteiger partial charge in [0.05, 0.1) is 24.9 Å². The van der Waals surface area contributed by atoms with Gasteiger partial charge in [-0.2, -0.15) is 0 Å². The minimum absolute atomic E-state index is 0.0226. The molecule has 1 saturated carbocycles. The van der Waals surface area contributed by atoms with E-state index in [1.165, 1.54) is 14.2 Å². The Morgan fingerprint density at radius 2 is 2.05 bits per heavy atom. The number of rotatable bonds is 5. The monoisotopic (exact) mass is 312 g/mol. The van der Waals surface area contributed by atoms with Crippen LogP contribution in [0.5, 0.6) is 11.5 Å². The first-order valence-corrected chi connectivity index (χ1v) is 7.41. The van der Waals surface area contributed by atoms with Gasteiger partial charge in [-0.3, -0.25) is 4.79 Å². The molecule has 1 aliphatic carbocycles. The Bertz CT molecular complexity index is 522. The van der Waals surface area contributed by atoms with Crippen LogP contribution in [0, 0.1) is 11.8 Å². The quantitative estimate of drug-likeness (QED) is 0.876. The summed E-state index contributed by atoms with van der Waals surface area (Å²) in [5.41, 5.74) is 6.30. The van der Waals surface area contributed by atoms with Gasteiger partial charge in [0, 0.05) is 18.1 Å². The summed E-state index contributed by atoms with van der Waals surface area (Å²) in [5, 5.41) is 3.35. The number of carbonyl (C=O) groups excluding carboxylic acids is 1. The molecular formula is C15H21ClN2O3. The van der Waals surface area contributed by atoms with E-state index in [-0.39, 0.29) is 17.7 Å². The van der Waals surface area contributed by atoms with Crippen LogP contribution in [0.2, 0.25) is 5.02 Å². The molecule has 0 saturated heterocycles. The van der Waals surface area contributed by atoms with Crippen molar-refractivity contribution in [3.8, 4) is 11.5 Å². The van der Waals surface area contributed by atoms with Crippen LogP contribution in [0.15, 0.2) is 12.1 Å². The lowest BCUT2D eigenvalue weighted by atomic mass is 9.95. The third kappa shape index (κ3) is 3.41. The molecule has 0 spiro atoms. The number of benzene rings is 1. The zero-order chi connectivity index (χ0) is 15.4. The number of hydrogen-bond acceptors (Lipinski definition) is 4. The summed E-state index contributed by atoms with van der Waals surface area (Å²) in [6.45, 7) is 0.541. The Kier molecular flexibility index (Phi) is 5.31. The highest BCUT2D eigenvalue weighted by Crippen LogP contribution is 2.37. The maximum atomic E-state index is 12.4. The van der Waals surface area contributed by atoms with Crippen molar-refractivity contribution in [2.24, 2.45) is 17.6 Å². The molecule has 2 rings (SSSR count). The first kappa shape index (κ1) is 15.9. The smallest absolute Gasteiger partial charge is 0.227 e. The SMILES string of the molecule is COc1cc(NC(=O)[C@@H]2CCC[C@@H]2CN)c(OC)cc1Cl. The molecule has 0 radical (unpaired) electrons. The van der Waals surface area contributed by atoms with Crippen molar-refractivity contribution in [3.05, 3.63) is 17.2 Å². The van der Waals surface area contributed by atoms with Crippen LogP contribution in [0.1, 0.15) is 19.3 Å². The molecule has 1 aliphatic rings. The largest absolute Gasteiger partial charge is 0.495 e. The van der Waals surface area contributed by atoms with Crippen molar-refractivity contribution in [2.75, 3.05) is 26.1 Å². The van der Waals surface area contributed by atoms with Crippen LogP contribution in [0.25, 0.3) is 0 Å². The van der Waals surface area contributed by atoms with Gasteiger partial charge in [0.15, 0.2) is 0 Å². The van der Waals surface area contributed by atoms with E-state index >= 15 is 0 Å². The van der Waals surface area contributed by atoms with Crippen molar-refractivity contribution in [1.82, 2.24) is 0 Å². The second-order valence-corrected chi connectivity index (χ2v) is 5.62. The molecule has 1 aromatic rings. The number of hydrogen-bond donors (Lipinski definition) is 2. The fourth-order valence-corrected chi connectivity index (χ4v) is 3.08. The summed E-state index contributed by atoms with van der Waals surface area (Å²) in [5.74, 6) is 1.20. The van der Waals surface area contributed by atoms with E-state index in [1.807, 2.05) is 0 Å². The van der Waals surface area contributed by atoms with Crippen LogP contribution < -0.4 is 20.5 Å². The highest BCUT2D eigenvalue weighted by molar-refractivity contribution is 6.32. The number of halogens is 1. The summed E-state index contributed by atoms with van der Waals surface area (Å²) < 4.78 is 10.4. The van der Waals surface area contributed by atoms with Crippen LogP contribution in [-0.4, -0.2) is 26.7 Å². The third-order valence-corrected chi connectivity index (χ3v) is 4.33. The third-order valence-electron chi connectivity index (χ3n) is 4.03. The van der Waals surface area contributed by atoms with E-state index in [2.05, 4.69) is 5.32 Å². The minimum Gasteiger partial charge on any atom is -0.495 e. The molecule has 21 heavy (non-hydrogen) atoms. The zero-order valence-corrected chi connectivity index (χ0v) is 13.1. The molecule has 0 bridgehead atoms. The lowest BCUT2D eigenvalue weighted by molar-refractivity contribution is -0.120. The fourth-order valence-electron chi connectivity index (χ4n) is 2.85. The second kappa shape index (κ2) is 7.00. The molecule has 1 amide bonds. The molecule has 1 fully saturated rings. The maximum Gasteiger partial charge on any atom is 0.227 e. The summed E-state index contributed by atoms with van der Waals surface area (Å²) in [4.78, 5) is 12.4. The fraction of sp³-hybridized carbons (Fsp3) is 0.533. The predicted molar refractivity (Wildman–Crippen MR) is 83.1 cm³/mol.